The van der Waals surface area contributed by atoms with Crippen molar-refractivity contribution < 1.29 is 0 Å². The van der Waals surface area contributed by atoms with E-state index in [1.54, 1.807) is 0 Å². The molecule has 0 amide bonds. The monoisotopic (exact) mass is 231 g/mol. The van der Waals surface area contributed by atoms with Gasteiger partial charge in [0.05, 0.1) is 6.04 Å². The highest BCUT2D eigenvalue weighted by atomic mass is 15.2. The molecule has 17 heavy (non-hydrogen) atoms. The summed E-state index contributed by atoms with van der Waals surface area (Å²) in [5.74, 6) is 0. The van der Waals surface area contributed by atoms with Crippen LogP contribution in [0.1, 0.15) is 42.9 Å². The van der Waals surface area contributed by atoms with Gasteiger partial charge in [0, 0.05) is 24.5 Å². The third-order valence-electron chi connectivity index (χ3n) is 4.13. The van der Waals surface area contributed by atoms with Crippen LogP contribution in [0, 0.1) is 6.92 Å². The fourth-order valence-electron chi connectivity index (χ4n) is 3.06. The lowest BCUT2D eigenvalue weighted by atomic mass is 9.89. The summed E-state index contributed by atoms with van der Waals surface area (Å²) in [5, 5.41) is 0. The summed E-state index contributed by atoms with van der Waals surface area (Å²) in [6, 6.07) is 3.55. The van der Waals surface area contributed by atoms with Crippen LogP contribution in [0.3, 0.4) is 0 Å². The summed E-state index contributed by atoms with van der Waals surface area (Å²) in [5.41, 5.74) is 9.03. The highest BCUT2D eigenvalue weighted by Crippen LogP contribution is 2.39. The number of piperidine rings is 1. The van der Waals surface area contributed by atoms with Crippen LogP contribution in [0.4, 0.5) is 0 Å². The first-order valence-electron chi connectivity index (χ1n) is 6.69. The first-order valence-corrected chi connectivity index (χ1v) is 6.69. The molecule has 1 saturated heterocycles. The van der Waals surface area contributed by atoms with Gasteiger partial charge in [0.15, 0.2) is 0 Å². The zero-order valence-corrected chi connectivity index (χ0v) is 10.5. The molecule has 2 N–H and O–H groups in total. The second-order valence-electron chi connectivity index (χ2n) is 5.45. The maximum Gasteiger partial charge on any atom is 0.0519 e. The number of rotatable bonds is 2. The van der Waals surface area contributed by atoms with Gasteiger partial charge in [-0.1, -0.05) is 0 Å². The van der Waals surface area contributed by atoms with Crippen LogP contribution in [-0.4, -0.2) is 28.5 Å². The summed E-state index contributed by atoms with van der Waals surface area (Å²) < 4.78 is 0. The third kappa shape index (κ3) is 2.09. The molecule has 1 aliphatic carbocycles. The zero-order chi connectivity index (χ0) is 11.8. The van der Waals surface area contributed by atoms with Gasteiger partial charge in [0.2, 0.25) is 0 Å². The molecule has 0 aromatic carbocycles. The predicted molar refractivity (Wildman–Crippen MR) is 68.7 cm³/mol. The number of nitrogens with zero attached hydrogens (tertiary/aromatic N) is 2. The van der Waals surface area contributed by atoms with Crippen molar-refractivity contribution in [1.29, 1.82) is 0 Å². The molecule has 1 aromatic heterocycles. The first-order chi connectivity index (χ1) is 8.27. The van der Waals surface area contributed by atoms with E-state index in [2.05, 4.69) is 22.9 Å². The minimum absolute atomic E-state index is 0.271. The number of hydrogen-bond donors (Lipinski definition) is 1. The van der Waals surface area contributed by atoms with Crippen molar-refractivity contribution in [3.63, 3.8) is 0 Å². The van der Waals surface area contributed by atoms with Gasteiger partial charge in [-0.3, -0.25) is 9.88 Å². The summed E-state index contributed by atoms with van der Waals surface area (Å²) in [4.78, 5) is 6.91. The molecule has 1 aliphatic heterocycles. The normalized spacial score (nSPS) is 30.5. The van der Waals surface area contributed by atoms with E-state index < -0.39 is 0 Å². The summed E-state index contributed by atoms with van der Waals surface area (Å²) in [6.45, 7) is 3.38. The molecule has 3 rings (SSSR count). The SMILES string of the molecule is Cc1ccncc1C1C(N)CCCN1C1CC1. The van der Waals surface area contributed by atoms with Gasteiger partial charge < -0.3 is 5.73 Å². The van der Waals surface area contributed by atoms with Crippen molar-refractivity contribution in [3.05, 3.63) is 29.6 Å². The van der Waals surface area contributed by atoms with E-state index in [0.717, 1.165) is 12.5 Å². The highest BCUT2D eigenvalue weighted by molar-refractivity contribution is 5.27. The Bertz CT molecular complexity index is 400. The van der Waals surface area contributed by atoms with Crippen LogP contribution in [0.2, 0.25) is 0 Å². The Hall–Kier alpha value is -0.930. The van der Waals surface area contributed by atoms with E-state index in [1.807, 2.05) is 12.4 Å². The average Bonchev–Trinajstić information content (AvgIpc) is 3.14. The number of aryl methyl sites for hydroxylation is 1. The van der Waals surface area contributed by atoms with E-state index in [0.29, 0.717) is 6.04 Å². The zero-order valence-electron chi connectivity index (χ0n) is 10.5. The van der Waals surface area contributed by atoms with Crippen LogP contribution in [0.25, 0.3) is 0 Å². The molecular weight excluding hydrogens is 210 g/mol. The van der Waals surface area contributed by atoms with Crippen LogP contribution in [0.5, 0.6) is 0 Å². The minimum Gasteiger partial charge on any atom is -0.326 e. The maximum absolute atomic E-state index is 6.37. The lowest BCUT2D eigenvalue weighted by Gasteiger charge is -2.40. The van der Waals surface area contributed by atoms with Crippen molar-refractivity contribution in [3.8, 4) is 0 Å². The molecule has 2 fully saturated rings. The van der Waals surface area contributed by atoms with E-state index in [-0.39, 0.29) is 6.04 Å². The van der Waals surface area contributed by atoms with Crippen molar-refractivity contribution in [2.45, 2.75) is 50.7 Å². The molecular formula is C14H21N3. The standard InChI is InChI=1S/C14H21N3/c1-10-6-7-16-9-12(10)14-13(15)3-2-8-17(14)11-4-5-11/h6-7,9,11,13-14H,2-5,8,15H2,1H3. The van der Waals surface area contributed by atoms with Gasteiger partial charge in [-0.2, -0.15) is 0 Å². The molecule has 1 aromatic rings. The summed E-state index contributed by atoms with van der Waals surface area (Å²) in [6.07, 6.45) is 8.97. The first kappa shape index (κ1) is 11.2. The Morgan fingerprint density at radius 2 is 2.18 bits per heavy atom. The third-order valence-corrected chi connectivity index (χ3v) is 4.13. The number of nitrogens with two attached hydrogens (primary N) is 1. The van der Waals surface area contributed by atoms with Gasteiger partial charge >= 0.3 is 0 Å². The molecule has 3 heteroatoms. The van der Waals surface area contributed by atoms with Gasteiger partial charge in [0.1, 0.15) is 0 Å². The number of aromatic nitrogens is 1. The van der Waals surface area contributed by atoms with Gasteiger partial charge in [-0.05, 0) is 56.3 Å². The van der Waals surface area contributed by atoms with Crippen LogP contribution < -0.4 is 5.73 Å². The van der Waals surface area contributed by atoms with E-state index in [4.69, 9.17) is 5.73 Å². The van der Waals surface area contributed by atoms with Crippen LogP contribution in [-0.2, 0) is 0 Å². The summed E-state index contributed by atoms with van der Waals surface area (Å²) in [7, 11) is 0. The molecule has 2 aliphatic rings. The molecule has 0 radical (unpaired) electrons. The molecule has 1 saturated carbocycles. The second-order valence-corrected chi connectivity index (χ2v) is 5.45. The van der Waals surface area contributed by atoms with Crippen molar-refractivity contribution >= 4 is 0 Å². The lowest BCUT2D eigenvalue weighted by molar-refractivity contribution is 0.119. The maximum atomic E-state index is 6.37. The van der Waals surface area contributed by atoms with Gasteiger partial charge in [0.25, 0.3) is 0 Å². The molecule has 3 nitrogen and oxygen atoms in total. The molecule has 2 unspecified atom stereocenters. The topological polar surface area (TPSA) is 42.1 Å². The van der Waals surface area contributed by atoms with Crippen molar-refractivity contribution in [2.75, 3.05) is 6.54 Å². The largest absolute Gasteiger partial charge is 0.326 e. The molecule has 92 valence electrons. The quantitative estimate of drug-likeness (QED) is 0.846. The van der Waals surface area contributed by atoms with Crippen molar-refractivity contribution in [1.82, 2.24) is 9.88 Å². The Labute approximate surface area is 103 Å². The minimum atomic E-state index is 0.271. The highest BCUT2D eigenvalue weighted by Gasteiger charge is 2.39. The average molecular weight is 231 g/mol. The van der Waals surface area contributed by atoms with Gasteiger partial charge in [-0.15, -0.1) is 0 Å². The van der Waals surface area contributed by atoms with E-state index >= 15 is 0 Å². The van der Waals surface area contributed by atoms with Crippen molar-refractivity contribution in [2.24, 2.45) is 5.73 Å². The molecule has 2 heterocycles. The fraction of sp³-hybridized carbons (Fsp3) is 0.643. The second kappa shape index (κ2) is 4.39. The van der Waals surface area contributed by atoms with E-state index in [1.165, 1.54) is 36.9 Å². The number of hydrogen-bond acceptors (Lipinski definition) is 3. The van der Waals surface area contributed by atoms with Crippen LogP contribution in [0.15, 0.2) is 18.5 Å². The predicted octanol–water partition coefficient (Wildman–Crippen LogP) is 2.02. The Morgan fingerprint density at radius 3 is 2.88 bits per heavy atom. The lowest BCUT2D eigenvalue weighted by Crippen LogP contribution is -2.47. The Balaban J connectivity index is 1.93. The fourth-order valence-corrected chi connectivity index (χ4v) is 3.06. The molecule has 0 spiro atoms. The Kier molecular flexibility index (Phi) is 2.89. The van der Waals surface area contributed by atoms with Gasteiger partial charge in [-0.25, -0.2) is 0 Å². The van der Waals surface area contributed by atoms with Crippen LogP contribution >= 0.6 is 0 Å². The molecule has 2 atom stereocenters. The smallest absolute Gasteiger partial charge is 0.0519 e. The summed E-state index contributed by atoms with van der Waals surface area (Å²) >= 11 is 0. The Morgan fingerprint density at radius 1 is 1.35 bits per heavy atom. The number of likely N-dealkylation sites (tertiary alicyclic amines) is 1. The number of pyridine rings is 1. The molecule has 0 bridgehead atoms. The van der Waals surface area contributed by atoms with E-state index in [9.17, 15) is 0 Å².